The average molecular weight is 321 g/mol. The minimum Gasteiger partial charge on any atom is -0.343 e. The first kappa shape index (κ1) is 15.3. The van der Waals surface area contributed by atoms with Gasteiger partial charge in [0.1, 0.15) is 0 Å². The van der Waals surface area contributed by atoms with Crippen LogP contribution in [0.5, 0.6) is 0 Å². The van der Waals surface area contributed by atoms with Gasteiger partial charge in [0.25, 0.3) is 5.91 Å². The van der Waals surface area contributed by atoms with Gasteiger partial charge in [-0.1, -0.05) is 11.6 Å². The summed E-state index contributed by atoms with van der Waals surface area (Å²) in [5.74, 6) is 0.630. The average Bonchev–Trinajstić information content (AvgIpc) is 2.53. The van der Waals surface area contributed by atoms with E-state index in [1.54, 1.807) is 31.2 Å². The monoisotopic (exact) mass is 320 g/mol. The lowest BCUT2D eigenvalue weighted by Crippen LogP contribution is -2.56. The number of carbonyl (C=O) groups excluding carboxylic acids is 2. The zero-order valence-corrected chi connectivity index (χ0v) is 13.6. The molecule has 0 spiro atoms. The summed E-state index contributed by atoms with van der Waals surface area (Å²) in [4.78, 5) is 28.3. The Balaban J connectivity index is 1.75. The van der Waals surface area contributed by atoms with Gasteiger partial charge in [0.15, 0.2) is 0 Å². The number of piperidine rings is 2. The maximum absolute atomic E-state index is 12.8. The van der Waals surface area contributed by atoms with Gasteiger partial charge >= 0.3 is 0 Å². The highest BCUT2D eigenvalue weighted by atomic mass is 35.5. The van der Waals surface area contributed by atoms with Gasteiger partial charge in [0, 0.05) is 43.2 Å². The summed E-state index contributed by atoms with van der Waals surface area (Å²) in [7, 11) is 0. The lowest BCUT2D eigenvalue weighted by molar-refractivity contribution is -0.132. The van der Waals surface area contributed by atoms with Crippen LogP contribution in [0.15, 0.2) is 24.3 Å². The number of hydrogen-bond acceptors (Lipinski definition) is 2. The van der Waals surface area contributed by atoms with Crippen molar-refractivity contribution < 1.29 is 9.59 Å². The Labute approximate surface area is 136 Å². The van der Waals surface area contributed by atoms with Crippen molar-refractivity contribution in [2.75, 3.05) is 19.6 Å². The zero-order chi connectivity index (χ0) is 15.7. The maximum atomic E-state index is 12.8. The molecule has 2 aliphatic heterocycles. The van der Waals surface area contributed by atoms with Crippen molar-refractivity contribution in [3.05, 3.63) is 34.9 Å². The van der Waals surface area contributed by atoms with Crippen LogP contribution < -0.4 is 0 Å². The van der Waals surface area contributed by atoms with Crippen LogP contribution in [0.1, 0.15) is 36.5 Å². The van der Waals surface area contributed by atoms with E-state index in [0.717, 1.165) is 38.9 Å². The summed E-state index contributed by atoms with van der Waals surface area (Å²) in [5, 5.41) is 0.642. The molecule has 2 atom stereocenters. The van der Waals surface area contributed by atoms with Crippen molar-refractivity contribution in [3.63, 3.8) is 0 Å². The van der Waals surface area contributed by atoms with Gasteiger partial charge in [-0.15, -0.1) is 0 Å². The van der Waals surface area contributed by atoms with E-state index in [9.17, 15) is 9.59 Å². The number of fused-ring (bicyclic) bond motifs is 1. The lowest BCUT2D eigenvalue weighted by Gasteiger charge is -2.47. The first-order valence-corrected chi connectivity index (χ1v) is 8.26. The lowest BCUT2D eigenvalue weighted by atomic mass is 9.83. The fraction of sp³-hybridized carbons (Fsp3) is 0.529. The van der Waals surface area contributed by atoms with Gasteiger partial charge < -0.3 is 9.80 Å². The highest BCUT2D eigenvalue weighted by Gasteiger charge is 2.38. The molecule has 2 fully saturated rings. The largest absolute Gasteiger partial charge is 0.343 e. The van der Waals surface area contributed by atoms with Gasteiger partial charge in [-0.3, -0.25) is 9.59 Å². The molecule has 0 aromatic heterocycles. The van der Waals surface area contributed by atoms with Crippen molar-refractivity contribution in [3.8, 4) is 0 Å². The Morgan fingerprint density at radius 3 is 2.55 bits per heavy atom. The predicted octanol–water partition coefficient (Wildman–Crippen LogP) is 2.81. The van der Waals surface area contributed by atoms with Gasteiger partial charge in [-0.25, -0.2) is 0 Å². The molecule has 0 aliphatic carbocycles. The topological polar surface area (TPSA) is 40.6 Å². The van der Waals surface area contributed by atoms with Gasteiger partial charge in [0.2, 0.25) is 5.91 Å². The second-order valence-electron chi connectivity index (χ2n) is 6.23. The summed E-state index contributed by atoms with van der Waals surface area (Å²) in [5.41, 5.74) is 0.694. The van der Waals surface area contributed by atoms with E-state index >= 15 is 0 Å². The van der Waals surface area contributed by atoms with Crippen molar-refractivity contribution in [1.82, 2.24) is 9.80 Å². The number of likely N-dealkylation sites (tertiary alicyclic amines) is 2. The predicted molar refractivity (Wildman–Crippen MR) is 85.9 cm³/mol. The Morgan fingerprint density at radius 1 is 1.14 bits per heavy atom. The van der Waals surface area contributed by atoms with Gasteiger partial charge in [0.05, 0.1) is 0 Å². The van der Waals surface area contributed by atoms with Crippen LogP contribution in [0.25, 0.3) is 0 Å². The molecule has 0 radical (unpaired) electrons. The molecule has 2 amide bonds. The van der Waals surface area contributed by atoms with Crippen molar-refractivity contribution in [2.24, 2.45) is 5.92 Å². The molecular formula is C17H21ClN2O2. The van der Waals surface area contributed by atoms with E-state index < -0.39 is 0 Å². The maximum Gasteiger partial charge on any atom is 0.254 e. The molecule has 0 unspecified atom stereocenters. The minimum atomic E-state index is 0.0858. The molecule has 0 N–H and O–H groups in total. The number of carbonyl (C=O) groups is 2. The molecular weight excluding hydrogens is 300 g/mol. The van der Waals surface area contributed by atoms with Crippen LogP contribution in [-0.4, -0.2) is 47.3 Å². The smallest absolute Gasteiger partial charge is 0.254 e. The second-order valence-corrected chi connectivity index (χ2v) is 6.67. The molecule has 2 heterocycles. The molecule has 2 aliphatic rings. The highest BCUT2D eigenvalue weighted by molar-refractivity contribution is 6.30. The SMILES string of the molecule is CC(=O)N1CC[C@@H]2[C@@H](CCCN2C(=O)c2ccc(Cl)cc2)C1. The van der Waals surface area contributed by atoms with Crippen molar-refractivity contribution in [2.45, 2.75) is 32.2 Å². The fourth-order valence-electron chi connectivity index (χ4n) is 3.70. The summed E-state index contributed by atoms with van der Waals surface area (Å²) in [6.07, 6.45) is 2.98. The molecule has 118 valence electrons. The quantitative estimate of drug-likeness (QED) is 0.798. The minimum absolute atomic E-state index is 0.0858. The number of hydrogen-bond donors (Lipinski definition) is 0. The normalized spacial score (nSPS) is 24.8. The van der Waals surface area contributed by atoms with Crippen molar-refractivity contribution >= 4 is 23.4 Å². The third-order valence-corrected chi connectivity index (χ3v) is 5.12. The number of rotatable bonds is 1. The first-order valence-electron chi connectivity index (χ1n) is 7.88. The van der Waals surface area contributed by atoms with Crippen LogP contribution in [0.2, 0.25) is 5.02 Å². The van der Waals surface area contributed by atoms with Crippen LogP contribution in [0, 0.1) is 5.92 Å². The molecule has 4 nitrogen and oxygen atoms in total. The van der Waals surface area contributed by atoms with E-state index in [1.807, 2.05) is 9.80 Å². The third kappa shape index (κ3) is 2.98. The van der Waals surface area contributed by atoms with Crippen LogP contribution in [-0.2, 0) is 4.79 Å². The molecule has 2 saturated heterocycles. The first-order chi connectivity index (χ1) is 10.6. The Hall–Kier alpha value is -1.55. The van der Waals surface area contributed by atoms with Crippen LogP contribution >= 0.6 is 11.6 Å². The molecule has 22 heavy (non-hydrogen) atoms. The fourth-order valence-corrected chi connectivity index (χ4v) is 3.83. The Bertz CT molecular complexity index is 573. The van der Waals surface area contributed by atoms with E-state index in [1.165, 1.54) is 0 Å². The summed E-state index contributed by atoms with van der Waals surface area (Å²) >= 11 is 5.90. The standard InChI is InChI=1S/C17H21ClN2O2/c1-12(21)19-10-8-16-14(11-19)3-2-9-20(16)17(22)13-4-6-15(18)7-5-13/h4-7,14,16H,2-3,8-11H2,1H3/t14-,16+/m0/s1. The van der Waals surface area contributed by atoms with Crippen LogP contribution in [0.4, 0.5) is 0 Å². The molecule has 1 aromatic rings. The Kier molecular flexibility index (Phi) is 4.39. The molecule has 0 bridgehead atoms. The molecule has 3 rings (SSSR count). The summed E-state index contributed by atoms with van der Waals surface area (Å²) in [6, 6.07) is 7.36. The molecule has 1 aromatic carbocycles. The summed E-state index contributed by atoms with van der Waals surface area (Å²) < 4.78 is 0. The van der Waals surface area contributed by atoms with E-state index in [0.29, 0.717) is 16.5 Å². The van der Waals surface area contributed by atoms with E-state index in [4.69, 9.17) is 11.6 Å². The highest BCUT2D eigenvalue weighted by Crippen LogP contribution is 2.31. The number of nitrogens with zero attached hydrogens (tertiary/aromatic N) is 2. The number of benzene rings is 1. The van der Waals surface area contributed by atoms with Gasteiger partial charge in [-0.05, 0) is 49.4 Å². The van der Waals surface area contributed by atoms with E-state index in [-0.39, 0.29) is 17.9 Å². The second kappa shape index (κ2) is 6.29. The van der Waals surface area contributed by atoms with E-state index in [2.05, 4.69) is 0 Å². The third-order valence-electron chi connectivity index (χ3n) is 4.87. The molecule has 5 heteroatoms. The van der Waals surface area contributed by atoms with Gasteiger partial charge in [-0.2, -0.15) is 0 Å². The Morgan fingerprint density at radius 2 is 1.86 bits per heavy atom. The number of amides is 2. The summed E-state index contributed by atoms with van der Waals surface area (Å²) in [6.45, 7) is 3.97. The van der Waals surface area contributed by atoms with Crippen LogP contribution in [0.3, 0.4) is 0 Å². The van der Waals surface area contributed by atoms with Crippen molar-refractivity contribution in [1.29, 1.82) is 0 Å². The number of halogens is 1. The zero-order valence-electron chi connectivity index (χ0n) is 12.8. The molecule has 0 saturated carbocycles.